The number of hydrogen-bond donors (Lipinski definition) is 4. The Bertz CT molecular complexity index is 450. The van der Waals surface area contributed by atoms with Crippen LogP contribution < -0.4 is 10.4 Å². The van der Waals surface area contributed by atoms with Gasteiger partial charge in [0.05, 0.1) is 24.4 Å². The van der Waals surface area contributed by atoms with E-state index in [1.807, 2.05) is 0 Å². The van der Waals surface area contributed by atoms with Crippen molar-refractivity contribution >= 4 is 18.4 Å². The van der Waals surface area contributed by atoms with Crippen LogP contribution in [-0.4, -0.2) is 69.9 Å². The fourth-order valence-electron chi connectivity index (χ4n) is 1.53. The molecule has 2 heterocycles. The van der Waals surface area contributed by atoms with Gasteiger partial charge in [0.15, 0.2) is 0 Å². The quantitative estimate of drug-likeness (QED) is 0.535. The van der Waals surface area contributed by atoms with Crippen LogP contribution in [0.5, 0.6) is 0 Å². The van der Waals surface area contributed by atoms with Crippen molar-refractivity contribution in [3.63, 3.8) is 0 Å². The van der Waals surface area contributed by atoms with E-state index in [4.69, 9.17) is 25.0 Å². The van der Waals surface area contributed by atoms with Crippen molar-refractivity contribution in [3.8, 4) is 0 Å². The Hall–Kier alpha value is -1.19. The monoisotopic (exact) mass is 326 g/mol. The Morgan fingerprint density at radius 1 is 1.04 bits per heavy atom. The largest absolute Gasteiger partial charge is 0.490 e. The fourth-order valence-corrected chi connectivity index (χ4v) is 1.53. The van der Waals surface area contributed by atoms with Gasteiger partial charge in [-0.05, 0) is 33.8 Å². The van der Waals surface area contributed by atoms with E-state index in [1.165, 1.54) is 6.20 Å². The molecule has 0 unspecified atom stereocenters. The Balaban J connectivity index is 0.000000284. The van der Waals surface area contributed by atoms with Crippen LogP contribution in [0.2, 0.25) is 0 Å². The molecule has 0 aliphatic carbocycles. The number of anilines is 1. The summed E-state index contributed by atoms with van der Waals surface area (Å²) in [6, 6.07) is 3.46. The van der Waals surface area contributed by atoms with Crippen LogP contribution in [0.4, 0.5) is 5.82 Å². The Kier molecular flexibility index (Phi) is 6.97. The second kappa shape index (κ2) is 8.07. The summed E-state index contributed by atoms with van der Waals surface area (Å²) >= 11 is 0. The predicted molar refractivity (Wildman–Crippen MR) is 89.7 cm³/mol. The smallest absolute Gasteiger partial charge is 0.423 e. The molecule has 0 saturated carbocycles. The number of rotatable bonds is 3. The van der Waals surface area contributed by atoms with Gasteiger partial charge in [-0.2, -0.15) is 0 Å². The van der Waals surface area contributed by atoms with E-state index in [1.54, 1.807) is 39.8 Å². The normalized spacial score (nSPS) is 15.7. The molecule has 4 N–H and O–H groups in total. The number of hydrogen-bond acceptors (Lipinski definition) is 7. The van der Waals surface area contributed by atoms with Gasteiger partial charge in [0, 0.05) is 24.7 Å². The van der Waals surface area contributed by atoms with Crippen LogP contribution in [0.25, 0.3) is 0 Å². The second-order valence-electron chi connectivity index (χ2n) is 6.54. The molecule has 1 saturated heterocycles. The van der Waals surface area contributed by atoms with Crippen molar-refractivity contribution < 1.29 is 25.0 Å². The fraction of sp³-hybridized carbons (Fsp3) is 0.667. The first-order valence-electron chi connectivity index (χ1n) is 7.62. The second-order valence-corrected chi connectivity index (χ2v) is 6.54. The molecule has 1 fully saturated rings. The highest BCUT2D eigenvalue weighted by molar-refractivity contribution is 6.58. The molecule has 0 radical (unpaired) electrons. The first kappa shape index (κ1) is 19.9. The highest BCUT2D eigenvalue weighted by Gasteiger charge is 2.31. The van der Waals surface area contributed by atoms with Crippen LogP contribution in [0.1, 0.15) is 27.7 Å². The summed E-state index contributed by atoms with van der Waals surface area (Å²) in [7, 11) is -1.45. The van der Waals surface area contributed by atoms with E-state index in [0.29, 0.717) is 18.7 Å². The standard InChI is InChI=1S/C9H13BN2O3.C6H14O2/c13-10(14)8-1-2-9(11-7-8)12-3-5-15-6-4-12;1-5(2,7)6(3,4)8/h1-2,7,13-14H,3-6H2;7-8H,1-4H3. The third kappa shape index (κ3) is 6.44. The van der Waals surface area contributed by atoms with E-state index in [-0.39, 0.29) is 0 Å². The van der Waals surface area contributed by atoms with Crippen molar-refractivity contribution in [2.24, 2.45) is 0 Å². The summed E-state index contributed by atoms with van der Waals surface area (Å²) in [6.07, 6.45) is 1.48. The average molecular weight is 326 g/mol. The molecule has 0 aromatic carbocycles. The minimum atomic E-state index is -1.45. The number of nitrogens with zero attached hydrogens (tertiary/aromatic N) is 2. The highest BCUT2D eigenvalue weighted by atomic mass is 16.5. The van der Waals surface area contributed by atoms with E-state index >= 15 is 0 Å². The number of morpholine rings is 1. The van der Waals surface area contributed by atoms with Crippen molar-refractivity contribution in [1.82, 2.24) is 4.98 Å². The van der Waals surface area contributed by atoms with Gasteiger partial charge in [0.1, 0.15) is 5.82 Å². The predicted octanol–water partition coefficient (Wildman–Crippen LogP) is -0.874. The van der Waals surface area contributed by atoms with E-state index in [9.17, 15) is 0 Å². The molecule has 0 spiro atoms. The molecule has 8 heteroatoms. The lowest BCUT2D eigenvalue weighted by atomic mass is 9.82. The zero-order valence-corrected chi connectivity index (χ0v) is 14.2. The Labute approximate surface area is 137 Å². The summed E-state index contributed by atoms with van der Waals surface area (Å²) in [5.74, 6) is 0.850. The summed E-state index contributed by atoms with van der Waals surface area (Å²) in [5, 5.41) is 36.0. The van der Waals surface area contributed by atoms with Gasteiger partial charge in [-0.1, -0.05) is 6.07 Å². The van der Waals surface area contributed by atoms with E-state index in [2.05, 4.69) is 9.88 Å². The van der Waals surface area contributed by atoms with Crippen LogP contribution in [0.3, 0.4) is 0 Å². The number of pyridine rings is 1. The van der Waals surface area contributed by atoms with Crippen molar-refractivity contribution in [2.45, 2.75) is 38.9 Å². The van der Waals surface area contributed by atoms with E-state index in [0.717, 1.165) is 18.9 Å². The van der Waals surface area contributed by atoms with Gasteiger partial charge in [-0.15, -0.1) is 0 Å². The van der Waals surface area contributed by atoms with Crippen molar-refractivity contribution in [2.75, 3.05) is 31.2 Å². The summed E-state index contributed by atoms with van der Waals surface area (Å²) < 4.78 is 5.23. The molecule has 0 amide bonds. The van der Waals surface area contributed by atoms with Gasteiger partial charge in [-0.25, -0.2) is 4.98 Å². The minimum absolute atomic E-state index is 0.409. The molecule has 1 aliphatic heterocycles. The Morgan fingerprint density at radius 2 is 1.57 bits per heavy atom. The molecular formula is C15H27BN2O5. The zero-order chi connectivity index (χ0) is 17.7. The van der Waals surface area contributed by atoms with Crippen molar-refractivity contribution in [3.05, 3.63) is 18.3 Å². The number of ether oxygens (including phenoxy) is 1. The SMILES string of the molecule is CC(C)(O)C(C)(C)O.OB(O)c1ccc(N2CCOCC2)nc1. The summed E-state index contributed by atoms with van der Waals surface area (Å²) in [6.45, 7) is 9.39. The molecule has 7 nitrogen and oxygen atoms in total. The minimum Gasteiger partial charge on any atom is -0.423 e. The first-order chi connectivity index (χ1) is 10.5. The molecule has 0 bridgehead atoms. The molecule has 23 heavy (non-hydrogen) atoms. The zero-order valence-electron chi connectivity index (χ0n) is 14.2. The van der Waals surface area contributed by atoms with Crippen LogP contribution in [0.15, 0.2) is 18.3 Å². The molecular weight excluding hydrogens is 299 g/mol. The van der Waals surface area contributed by atoms with Gasteiger partial charge < -0.3 is 29.9 Å². The van der Waals surface area contributed by atoms with E-state index < -0.39 is 18.3 Å². The lowest BCUT2D eigenvalue weighted by Gasteiger charge is -2.31. The van der Waals surface area contributed by atoms with Gasteiger partial charge in [-0.3, -0.25) is 0 Å². The third-order valence-electron chi connectivity index (χ3n) is 3.90. The number of aromatic nitrogens is 1. The van der Waals surface area contributed by atoms with Crippen molar-refractivity contribution in [1.29, 1.82) is 0 Å². The molecule has 2 rings (SSSR count). The third-order valence-corrected chi connectivity index (χ3v) is 3.90. The first-order valence-corrected chi connectivity index (χ1v) is 7.62. The maximum atomic E-state index is 9.10. The highest BCUT2D eigenvalue weighted by Crippen LogP contribution is 2.19. The van der Waals surface area contributed by atoms with Crippen LogP contribution in [-0.2, 0) is 4.74 Å². The maximum Gasteiger partial charge on any atom is 0.490 e. The molecule has 1 aromatic heterocycles. The van der Waals surface area contributed by atoms with Gasteiger partial charge in [0.25, 0.3) is 0 Å². The van der Waals surface area contributed by atoms with Crippen LogP contribution in [0, 0.1) is 0 Å². The molecule has 0 atom stereocenters. The lowest BCUT2D eigenvalue weighted by Crippen LogP contribution is -2.44. The van der Waals surface area contributed by atoms with Crippen LogP contribution >= 0.6 is 0 Å². The Morgan fingerprint density at radius 3 is 1.91 bits per heavy atom. The number of aliphatic hydroxyl groups is 2. The average Bonchev–Trinajstić information content (AvgIpc) is 2.47. The molecule has 1 aromatic rings. The topological polar surface area (TPSA) is 106 Å². The van der Waals surface area contributed by atoms with Gasteiger partial charge >= 0.3 is 7.12 Å². The molecule has 1 aliphatic rings. The molecule has 130 valence electrons. The summed E-state index contributed by atoms with van der Waals surface area (Å²) in [5.41, 5.74) is -1.60. The van der Waals surface area contributed by atoms with Gasteiger partial charge in [0.2, 0.25) is 0 Å². The maximum absolute atomic E-state index is 9.10. The lowest BCUT2D eigenvalue weighted by molar-refractivity contribution is -0.107. The summed E-state index contributed by atoms with van der Waals surface area (Å²) in [4.78, 5) is 6.28.